The Bertz CT molecular complexity index is 523. The van der Waals surface area contributed by atoms with Gasteiger partial charge in [0.05, 0.1) is 11.8 Å². The first kappa shape index (κ1) is 13.7. The van der Waals surface area contributed by atoms with E-state index in [1.54, 1.807) is 6.20 Å². The van der Waals surface area contributed by atoms with E-state index in [2.05, 4.69) is 46.5 Å². The lowest BCUT2D eigenvalue weighted by molar-refractivity contribution is 0.412. The van der Waals surface area contributed by atoms with E-state index in [0.717, 1.165) is 30.6 Å². The molecule has 19 heavy (non-hydrogen) atoms. The van der Waals surface area contributed by atoms with Crippen molar-refractivity contribution in [2.75, 3.05) is 6.54 Å². The first-order valence-electron chi connectivity index (χ1n) is 6.53. The van der Waals surface area contributed by atoms with Crippen molar-refractivity contribution in [1.29, 1.82) is 0 Å². The van der Waals surface area contributed by atoms with Gasteiger partial charge in [0.25, 0.3) is 5.89 Å². The average molecular weight is 263 g/mol. The van der Waals surface area contributed by atoms with Crippen LogP contribution in [0.1, 0.15) is 38.8 Å². The molecule has 0 aromatic carbocycles. The fourth-order valence-electron chi connectivity index (χ4n) is 1.73. The van der Waals surface area contributed by atoms with Crippen LogP contribution in [0.25, 0.3) is 11.5 Å². The maximum atomic E-state index is 5.63. The highest BCUT2D eigenvalue weighted by atomic mass is 16.4. The number of aryl methyl sites for hydroxylation is 2. The molecule has 104 valence electrons. The Morgan fingerprint density at radius 1 is 1.32 bits per heavy atom. The second kappa shape index (κ2) is 5.52. The molecule has 0 radical (unpaired) electrons. The minimum Gasteiger partial charge on any atom is -0.421 e. The van der Waals surface area contributed by atoms with Crippen molar-refractivity contribution in [3.8, 4) is 11.5 Å². The SMILES string of the molecule is Cc1[nH]ncc1-c1nnc(CCCNC(C)(C)C)o1. The Balaban J connectivity index is 1.87. The molecule has 0 unspecified atom stereocenters. The molecule has 2 rings (SSSR count). The lowest BCUT2D eigenvalue weighted by Gasteiger charge is -2.19. The molecule has 0 fully saturated rings. The summed E-state index contributed by atoms with van der Waals surface area (Å²) in [4.78, 5) is 0. The summed E-state index contributed by atoms with van der Waals surface area (Å²) in [5.74, 6) is 1.20. The highest BCUT2D eigenvalue weighted by Crippen LogP contribution is 2.19. The number of H-pyrrole nitrogens is 1. The number of aromatic nitrogens is 4. The molecule has 0 bridgehead atoms. The van der Waals surface area contributed by atoms with Crippen LogP contribution in [-0.2, 0) is 6.42 Å². The third-order valence-electron chi connectivity index (χ3n) is 2.75. The predicted molar refractivity (Wildman–Crippen MR) is 72.7 cm³/mol. The van der Waals surface area contributed by atoms with E-state index in [0.29, 0.717) is 11.8 Å². The van der Waals surface area contributed by atoms with E-state index < -0.39 is 0 Å². The topological polar surface area (TPSA) is 79.6 Å². The molecule has 0 aliphatic rings. The Morgan fingerprint density at radius 3 is 2.74 bits per heavy atom. The first-order valence-corrected chi connectivity index (χ1v) is 6.53. The molecule has 0 spiro atoms. The Hall–Kier alpha value is -1.69. The smallest absolute Gasteiger partial charge is 0.251 e. The van der Waals surface area contributed by atoms with Crippen LogP contribution in [0, 0.1) is 6.92 Å². The van der Waals surface area contributed by atoms with E-state index in [4.69, 9.17) is 4.42 Å². The average Bonchev–Trinajstić information content (AvgIpc) is 2.91. The van der Waals surface area contributed by atoms with Gasteiger partial charge >= 0.3 is 0 Å². The standard InChI is InChI=1S/C13H21N5O/c1-9-10(8-15-16-9)12-18-17-11(19-12)6-5-7-14-13(2,3)4/h8,14H,5-7H2,1-4H3,(H,15,16). The Morgan fingerprint density at radius 2 is 2.11 bits per heavy atom. The van der Waals surface area contributed by atoms with Gasteiger partial charge in [0.1, 0.15) is 0 Å². The molecule has 0 saturated heterocycles. The molecule has 2 aromatic heterocycles. The van der Waals surface area contributed by atoms with E-state index in [1.165, 1.54) is 0 Å². The van der Waals surface area contributed by atoms with Gasteiger partial charge in [-0.15, -0.1) is 10.2 Å². The summed E-state index contributed by atoms with van der Waals surface area (Å²) < 4.78 is 5.63. The normalized spacial score (nSPS) is 12.0. The van der Waals surface area contributed by atoms with Gasteiger partial charge in [-0.25, -0.2) is 0 Å². The third-order valence-corrected chi connectivity index (χ3v) is 2.75. The molecule has 2 N–H and O–H groups in total. The molecule has 0 aliphatic carbocycles. The monoisotopic (exact) mass is 263 g/mol. The van der Waals surface area contributed by atoms with Crippen molar-refractivity contribution in [1.82, 2.24) is 25.7 Å². The van der Waals surface area contributed by atoms with Gasteiger partial charge in [-0.2, -0.15) is 5.10 Å². The van der Waals surface area contributed by atoms with Crippen LogP contribution in [0.2, 0.25) is 0 Å². The van der Waals surface area contributed by atoms with Crippen molar-refractivity contribution < 1.29 is 4.42 Å². The quantitative estimate of drug-likeness (QED) is 0.807. The van der Waals surface area contributed by atoms with Crippen molar-refractivity contribution in [2.45, 2.75) is 46.1 Å². The second-order valence-electron chi connectivity index (χ2n) is 5.69. The van der Waals surface area contributed by atoms with Crippen molar-refractivity contribution in [3.63, 3.8) is 0 Å². The first-order chi connectivity index (χ1) is 8.96. The van der Waals surface area contributed by atoms with Gasteiger partial charge < -0.3 is 9.73 Å². The minimum absolute atomic E-state index is 0.147. The molecule has 6 nitrogen and oxygen atoms in total. The fraction of sp³-hybridized carbons (Fsp3) is 0.615. The van der Waals surface area contributed by atoms with Crippen LogP contribution in [-0.4, -0.2) is 32.5 Å². The number of hydrogen-bond acceptors (Lipinski definition) is 5. The second-order valence-corrected chi connectivity index (χ2v) is 5.69. The molecule has 0 saturated carbocycles. The number of aromatic amines is 1. The predicted octanol–water partition coefficient (Wildman–Crippen LogP) is 2.09. The van der Waals surface area contributed by atoms with Gasteiger partial charge in [0.15, 0.2) is 0 Å². The fourth-order valence-corrected chi connectivity index (χ4v) is 1.73. The van der Waals surface area contributed by atoms with Crippen LogP contribution in [0.3, 0.4) is 0 Å². The molecule has 0 amide bonds. The van der Waals surface area contributed by atoms with Gasteiger partial charge in [-0.05, 0) is 40.7 Å². The maximum Gasteiger partial charge on any atom is 0.251 e. The summed E-state index contributed by atoms with van der Waals surface area (Å²) in [6, 6.07) is 0. The summed E-state index contributed by atoms with van der Waals surface area (Å²) in [7, 11) is 0. The van der Waals surface area contributed by atoms with Crippen LogP contribution in [0.5, 0.6) is 0 Å². The van der Waals surface area contributed by atoms with Crippen molar-refractivity contribution in [2.24, 2.45) is 0 Å². The zero-order valence-corrected chi connectivity index (χ0v) is 11.9. The van der Waals surface area contributed by atoms with Crippen molar-refractivity contribution in [3.05, 3.63) is 17.8 Å². The molecule has 6 heteroatoms. The van der Waals surface area contributed by atoms with E-state index >= 15 is 0 Å². The van der Waals surface area contributed by atoms with Gasteiger partial charge in [0.2, 0.25) is 5.89 Å². The van der Waals surface area contributed by atoms with E-state index in [-0.39, 0.29) is 5.54 Å². The highest BCUT2D eigenvalue weighted by molar-refractivity contribution is 5.53. The van der Waals surface area contributed by atoms with Gasteiger partial charge in [0, 0.05) is 17.7 Å². The number of nitrogens with zero attached hydrogens (tertiary/aromatic N) is 3. The Labute approximate surface area is 113 Å². The third kappa shape index (κ3) is 3.89. The molecule has 0 aliphatic heterocycles. The van der Waals surface area contributed by atoms with Gasteiger partial charge in [-0.3, -0.25) is 5.10 Å². The van der Waals surface area contributed by atoms with Crippen LogP contribution >= 0.6 is 0 Å². The summed E-state index contributed by atoms with van der Waals surface area (Å²) in [6.07, 6.45) is 3.46. The molecular weight excluding hydrogens is 242 g/mol. The maximum absolute atomic E-state index is 5.63. The Kier molecular flexibility index (Phi) is 3.99. The molecule has 0 atom stereocenters. The molecule has 2 heterocycles. The lowest BCUT2D eigenvalue weighted by Crippen LogP contribution is -2.36. The highest BCUT2D eigenvalue weighted by Gasteiger charge is 2.12. The molecular formula is C13H21N5O. The summed E-state index contributed by atoms with van der Waals surface area (Å²) in [5, 5.41) is 18.3. The molecule has 2 aromatic rings. The van der Waals surface area contributed by atoms with Crippen LogP contribution < -0.4 is 5.32 Å². The summed E-state index contributed by atoms with van der Waals surface area (Å²) in [6.45, 7) is 9.32. The van der Waals surface area contributed by atoms with Gasteiger partial charge in [-0.1, -0.05) is 0 Å². The summed E-state index contributed by atoms with van der Waals surface area (Å²) >= 11 is 0. The number of hydrogen-bond donors (Lipinski definition) is 2. The van der Waals surface area contributed by atoms with E-state index in [9.17, 15) is 0 Å². The summed E-state index contributed by atoms with van der Waals surface area (Å²) in [5.41, 5.74) is 1.95. The lowest BCUT2D eigenvalue weighted by atomic mass is 10.1. The van der Waals surface area contributed by atoms with Crippen LogP contribution in [0.4, 0.5) is 0 Å². The number of rotatable bonds is 5. The minimum atomic E-state index is 0.147. The number of nitrogens with one attached hydrogen (secondary N) is 2. The zero-order valence-electron chi connectivity index (χ0n) is 11.9. The largest absolute Gasteiger partial charge is 0.421 e. The van der Waals surface area contributed by atoms with Crippen LogP contribution in [0.15, 0.2) is 10.6 Å². The van der Waals surface area contributed by atoms with Crippen molar-refractivity contribution >= 4 is 0 Å². The zero-order chi connectivity index (χ0) is 13.9. The van der Waals surface area contributed by atoms with E-state index in [1.807, 2.05) is 6.92 Å².